The first-order valence-corrected chi connectivity index (χ1v) is 10.8. The van der Waals surface area contributed by atoms with E-state index in [2.05, 4.69) is 14.2 Å². The van der Waals surface area contributed by atoms with E-state index in [9.17, 15) is 53.1 Å². The standard InChI is InChI=1S/C16H20F8O8S/c17-13(18,19)6-8-30-12(26)15(16(22,23)24,31-9-7-14(20,21)33(27,28)29)32-11(25)10-4-2-1-3-5-10/h10H,1-9H2,(H,27,28,29). The highest BCUT2D eigenvalue weighted by Crippen LogP contribution is 2.39. The van der Waals surface area contributed by atoms with E-state index in [1.54, 1.807) is 0 Å². The Labute approximate surface area is 182 Å². The van der Waals surface area contributed by atoms with Crippen LogP contribution < -0.4 is 0 Å². The predicted octanol–water partition coefficient (Wildman–Crippen LogP) is 3.75. The van der Waals surface area contributed by atoms with E-state index in [0.29, 0.717) is 19.3 Å². The third-order valence-corrected chi connectivity index (χ3v) is 5.48. The summed E-state index contributed by atoms with van der Waals surface area (Å²) in [7, 11) is -6.09. The van der Waals surface area contributed by atoms with Gasteiger partial charge in [0, 0.05) is 0 Å². The van der Waals surface area contributed by atoms with Crippen LogP contribution in [0.1, 0.15) is 44.9 Å². The summed E-state index contributed by atoms with van der Waals surface area (Å²) in [6.07, 6.45) is -13.4. The normalized spacial score (nSPS) is 18.5. The van der Waals surface area contributed by atoms with Gasteiger partial charge in [0.2, 0.25) is 0 Å². The van der Waals surface area contributed by atoms with Crippen molar-refractivity contribution in [3.8, 4) is 0 Å². The molecule has 1 aliphatic carbocycles. The van der Waals surface area contributed by atoms with Gasteiger partial charge in [-0.3, -0.25) is 9.35 Å². The van der Waals surface area contributed by atoms with E-state index >= 15 is 0 Å². The number of carbonyl (C=O) groups is 2. The van der Waals surface area contributed by atoms with E-state index in [1.807, 2.05) is 0 Å². The second-order valence-electron chi connectivity index (χ2n) is 7.08. The molecular weight excluding hydrogens is 504 g/mol. The molecule has 0 aliphatic heterocycles. The summed E-state index contributed by atoms with van der Waals surface area (Å²) in [6.45, 7) is -3.58. The van der Waals surface area contributed by atoms with Crippen LogP contribution in [0.15, 0.2) is 0 Å². The maximum absolute atomic E-state index is 13.8. The van der Waals surface area contributed by atoms with Crippen molar-refractivity contribution in [3.05, 3.63) is 0 Å². The van der Waals surface area contributed by atoms with Crippen LogP contribution in [0.2, 0.25) is 0 Å². The van der Waals surface area contributed by atoms with Gasteiger partial charge in [-0.05, 0) is 12.8 Å². The molecule has 17 heteroatoms. The molecular formula is C16H20F8O8S. The first-order valence-electron chi connectivity index (χ1n) is 9.35. The molecule has 1 saturated carbocycles. The van der Waals surface area contributed by atoms with Crippen molar-refractivity contribution >= 4 is 22.1 Å². The molecule has 0 saturated heterocycles. The lowest BCUT2D eigenvalue weighted by atomic mass is 9.89. The fourth-order valence-corrected chi connectivity index (χ4v) is 3.09. The number of ether oxygens (including phenoxy) is 3. The van der Waals surface area contributed by atoms with Crippen molar-refractivity contribution in [2.45, 2.75) is 68.3 Å². The van der Waals surface area contributed by atoms with Gasteiger partial charge in [-0.1, -0.05) is 19.3 Å². The number of alkyl halides is 8. The van der Waals surface area contributed by atoms with E-state index < -0.39 is 77.4 Å². The minimum Gasteiger partial charge on any atom is -0.460 e. The maximum Gasteiger partial charge on any atom is 0.468 e. The fraction of sp³-hybridized carbons (Fsp3) is 0.875. The molecule has 194 valence electrons. The molecule has 1 atom stereocenters. The SMILES string of the molecule is O=C(OC(OCCC(F)(F)S(=O)(=O)O)(C(=O)OCCC(F)(F)F)C(F)(F)F)C1CCCCC1. The van der Waals surface area contributed by atoms with Crippen LogP contribution in [0, 0.1) is 5.92 Å². The lowest BCUT2D eigenvalue weighted by Gasteiger charge is -2.34. The average Bonchev–Trinajstić information content (AvgIpc) is 2.64. The summed E-state index contributed by atoms with van der Waals surface area (Å²) in [4.78, 5) is 24.3. The van der Waals surface area contributed by atoms with E-state index in [0.717, 1.165) is 0 Å². The quantitative estimate of drug-likeness (QED) is 0.199. The molecule has 33 heavy (non-hydrogen) atoms. The topological polar surface area (TPSA) is 116 Å². The zero-order valence-electron chi connectivity index (χ0n) is 16.7. The van der Waals surface area contributed by atoms with Crippen LogP contribution in [-0.2, 0) is 33.9 Å². The molecule has 1 unspecified atom stereocenters. The molecule has 0 spiro atoms. The molecule has 8 nitrogen and oxygen atoms in total. The molecule has 0 aromatic heterocycles. The maximum atomic E-state index is 13.8. The second kappa shape index (κ2) is 10.7. The van der Waals surface area contributed by atoms with Crippen LogP contribution in [0.3, 0.4) is 0 Å². The molecule has 0 amide bonds. The molecule has 1 aliphatic rings. The summed E-state index contributed by atoms with van der Waals surface area (Å²) in [6, 6.07) is 0. The summed E-state index contributed by atoms with van der Waals surface area (Å²) >= 11 is 0. The summed E-state index contributed by atoms with van der Waals surface area (Å²) in [5.74, 6) is -10.2. The summed E-state index contributed by atoms with van der Waals surface area (Å²) < 4.78 is 147. The highest BCUT2D eigenvalue weighted by atomic mass is 32.2. The number of hydrogen-bond donors (Lipinski definition) is 1. The molecule has 1 rings (SSSR count). The number of hydrogen-bond acceptors (Lipinski definition) is 7. The molecule has 0 aromatic carbocycles. The Morgan fingerprint density at radius 2 is 1.42 bits per heavy atom. The van der Waals surface area contributed by atoms with E-state index in [1.165, 1.54) is 0 Å². The Morgan fingerprint density at radius 3 is 1.88 bits per heavy atom. The lowest BCUT2D eigenvalue weighted by molar-refractivity contribution is -0.358. The van der Waals surface area contributed by atoms with Crippen molar-refractivity contribution in [3.63, 3.8) is 0 Å². The van der Waals surface area contributed by atoms with E-state index in [-0.39, 0.29) is 12.8 Å². The Morgan fingerprint density at radius 1 is 0.879 bits per heavy atom. The average molecular weight is 524 g/mol. The van der Waals surface area contributed by atoms with Crippen LogP contribution in [0.5, 0.6) is 0 Å². The third-order valence-electron chi connectivity index (χ3n) is 4.52. The van der Waals surface area contributed by atoms with Crippen molar-refractivity contribution in [2.75, 3.05) is 13.2 Å². The number of rotatable bonds is 10. The monoisotopic (exact) mass is 524 g/mol. The molecule has 0 aromatic rings. The van der Waals surface area contributed by atoms with Gasteiger partial charge in [-0.2, -0.15) is 43.5 Å². The van der Waals surface area contributed by atoms with Gasteiger partial charge in [-0.25, -0.2) is 4.79 Å². The van der Waals surface area contributed by atoms with E-state index in [4.69, 9.17) is 4.55 Å². The highest BCUT2D eigenvalue weighted by molar-refractivity contribution is 7.86. The number of esters is 2. The smallest absolute Gasteiger partial charge is 0.460 e. The molecule has 0 radical (unpaired) electrons. The van der Waals surface area contributed by atoms with Crippen molar-refractivity contribution in [1.29, 1.82) is 0 Å². The van der Waals surface area contributed by atoms with Gasteiger partial charge in [0.1, 0.15) is 6.61 Å². The fourth-order valence-electron chi connectivity index (χ4n) is 2.75. The van der Waals surface area contributed by atoms with Crippen LogP contribution >= 0.6 is 0 Å². The van der Waals surface area contributed by atoms with Gasteiger partial charge < -0.3 is 14.2 Å². The van der Waals surface area contributed by atoms with Crippen LogP contribution in [-0.4, -0.2) is 61.5 Å². The lowest BCUT2D eigenvalue weighted by Crippen LogP contribution is -2.59. The minimum atomic E-state index is -6.09. The molecule has 0 bridgehead atoms. The first-order chi connectivity index (χ1) is 14.8. The Balaban J connectivity index is 3.19. The second-order valence-corrected chi connectivity index (χ2v) is 8.63. The predicted molar refractivity (Wildman–Crippen MR) is 90.1 cm³/mol. The Hall–Kier alpha value is -1.75. The highest BCUT2D eigenvalue weighted by Gasteiger charge is 2.68. The minimum absolute atomic E-state index is 0.0523. The molecule has 1 N–H and O–H groups in total. The van der Waals surface area contributed by atoms with Gasteiger partial charge in [0.25, 0.3) is 0 Å². The third kappa shape index (κ3) is 8.20. The van der Waals surface area contributed by atoms with Crippen molar-refractivity contribution in [2.24, 2.45) is 5.92 Å². The number of halogens is 8. The van der Waals surface area contributed by atoms with Gasteiger partial charge in [-0.15, -0.1) is 0 Å². The van der Waals surface area contributed by atoms with Crippen molar-refractivity contribution in [1.82, 2.24) is 0 Å². The first kappa shape index (κ1) is 29.3. The van der Waals surface area contributed by atoms with Crippen molar-refractivity contribution < 1.29 is 71.9 Å². The zero-order chi connectivity index (χ0) is 25.7. The van der Waals surface area contributed by atoms with Gasteiger partial charge in [0.05, 0.1) is 25.4 Å². The number of carbonyl (C=O) groups excluding carboxylic acids is 2. The Bertz CT molecular complexity index is 789. The van der Waals surface area contributed by atoms with Crippen LogP contribution in [0.4, 0.5) is 35.1 Å². The largest absolute Gasteiger partial charge is 0.468 e. The molecule has 0 heterocycles. The zero-order valence-corrected chi connectivity index (χ0v) is 17.5. The summed E-state index contributed by atoms with van der Waals surface area (Å²) in [5, 5.41) is -5.02. The summed E-state index contributed by atoms with van der Waals surface area (Å²) in [5.41, 5.74) is 0. The molecule has 1 fully saturated rings. The van der Waals surface area contributed by atoms with Crippen LogP contribution in [0.25, 0.3) is 0 Å². The van der Waals surface area contributed by atoms with Gasteiger partial charge >= 0.3 is 45.5 Å². The Kier molecular flexibility index (Phi) is 9.47. The van der Waals surface area contributed by atoms with Gasteiger partial charge in [0.15, 0.2) is 0 Å².